The Hall–Kier alpha value is -4.47. The number of hydrogen-bond acceptors (Lipinski definition) is 6. The van der Waals surface area contributed by atoms with Crippen molar-refractivity contribution in [2.75, 3.05) is 31.0 Å². The molecule has 0 spiro atoms. The van der Waals surface area contributed by atoms with E-state index in [1.807, 2.05) is 6.92 Å². The summed E-state index contributed by atoms with van der Waals surface area (Å²) in [5.74, 6) is -0.376. The highest BCUT2D eigenvalue weighted by Gasteiger charge is 2.19. The zero-order valence-electron chi connectivity index (χ0n) is 19.7. The van der Waals surface area contributed by atoms with Gasteiger partial charge in [0.25, 0.3) is 5.91 Å². The summed E-state index contributed by atoms with van der Waals surface area (Å²) < 4.78 is 25.5. The molecule has 0 bridgehead atoms. The maximum Gasteiger partial charge on any atom is 0.412 e. The van der Waals surface area contributed by atoms with Crippen molar-refractivity contribution in [2.45, 2.75) is 13.8 Å². The minimum Gasteiger partial charge on any atom is -0.494 e. The van der Waals surface area contributed by atoms with E-state index in [2.05, 4.69) is 15.3 Å². The van der Waals surface area contributed by atoms with Crippen LogP contribution >= 0.6 is 0 Å². The van der Waals surface area contributed by atoms with Crippen LogP contribution in [0.2, 0.25) is 0 Å². The molecule has 0 radical (unpaired) electrons. The number of halogens is 1. The zero-order valence-corrected chi connectivity index (χ0v) is 19.7. The highest BCUT2D eigenvalue weighted by atomic mass is 19.1. The summed E-state index contributed by atoms with van der Waals surface area (Å²) >= 11 is 0. The van der Waals surface area contributed by atoms with E-state index in [0.29, 0.717) is 28.3 Å². The summed E-state index contributed by atoms with van der Waals surface area (Å²) in [6.07, 6.45) is 2.65. The predicted octanol–water partition coefficient (Wildman–Crippen LogP) is 4.72. The third-order valence-electron chi connectivity index (χ3n) is 5.45. The first-order valence-corrected chi connectivity index (χ1v) is 10.8. The maximum atomic E-state index is 13.8. The van der Waals surface area contributed by atoms with Crippen molar-refractivity contribution in [3.05, 3.63) is 71.9 Å². The number of nitrogens with zero attached hydrogens (tertiary/aromatic N) is 4. The molecule has 2 aromatic carbocycles. The molecule has 0 aliphatic heterocycles. The van der Waals surface area contributed by atoms with E-state index in [4.69, 9.17) is 9.47 Å². The summed E-state index contributed by atoms with van der Waals surface area (Å²) in [6, 6.07) is 11.2. The number of amides is 2. The number of nitrogens with one attached hydrogen (secondary N) is 1. The number of anilines is 2. The Morgan fingerprint density at radius 1 is 1.14 bits per heavy atom. The van der Waals surface area contributed by atoms with Crippen molar-refractivity contribution in [3.8, 4) is 11.4 Å². The molecule has 1 N–H and O–H groups in total. The fourth-order valence-electron chi connectivity index (χ4n) is 3.66. The van der Waals surface area contributed by atoms with Gasteiger partial charge in [0.15, 0.2) is 11.6 Å². The van der Waals surface area contributed by atoms with Crippen LogP contribution in [0, 0.1) is 12.7 Å². The normalized spacial score (nSPS) is 10.8. The molecular formula is C25H24FN5O4. The molecule has 4 rings (SSSR count). The fraction of sp³-hybridized carbons (Fsp3) is 0.200. The molecule has 180 valence electrons. The van der Waals surface area contributed by atoms with Crippen LogP contribution in [-0.4, -0.2) is 47.3 Å². The number of fused-ring (bicyclic) bond motifs is 1. The van der Waals surface area contributed by atoms with Crippen LogP contribution in [0.15, 0.2) is 55.0 Å². The molecule has 0 aliphatic carbocycles. The Kier molecular flexibility index (Phi) is 6.63. The molecule has 0 unspecified atom stereocenters. The van der Waals surface area contributed by atoms with Crippen LogP contribution in [0.1, 0.15) is 22.8 Å². The Morgan fingerprint density at radius 2 is 1.94 bits per heavy atom. The lowest BCUT2D eigenvalue weighted by atomic mass is 10.1. The van der Waals surface area contributed by atoms with E-state index in [1.165, 1.54) is 30.2 Å². The Morgan fingerprint density at radius 3 is 2.63 bits per heavy atom. The second kappa shape index (κ2) is 9.80. The average molecular weight is 477 g/mol. The number of carbonyl (C=O) groups is 2. The van der Waals surface area contributed by atoms with Gasteiger partial charge in [-0.25, -0.2) is 19.2 Å². The fourth-order valence-corrected chi connectivity index (χ4v) is 3.66. The zero-order chi connectivity index (χ0) is 25.1. The lowest BCUT2D eigenvalue weighted by Gasteiger charge is -2.19. The molecule has 9 nitrogen and oxygen atoms in total. The molecule has 2 amide bonds. The number of rotatable bonds is 6. The van der Waals surface area contributed by atoms with Gasteiger partial charge in [-0.05, 0) is 55.8 Å². The number of benzene rings is 2. The highest BCUT2D eigenvalue weighted by molar-refractivity contribution is 6.07. The number of hydrogen-bond donors (Lipinski definition) is 1. The van der Waals surface area contributed by atoms with E-state index in [-0.39, 0.29) is 18.3 Å². The summed E-state index contributed by atoms with van der Waals surface area (Å²) in [5.41, 5.74) is 3.91. The van der Waals surface area contributed by atoms with Gasteiger partial charge in [-0.15, -0.1) is 0 Å². The number of ether oxygens (including phenoxy) is 2. The average Bonchev–Trinajstić information content (AvgIpc) is 3.28. The van der Waals surface area contributed by atoms with E-state index >= 15 is 0 Å². The largest absolute Gasteiger partial charge is 0.494 e. The van der Waals surface area contributed by atoms with Gasteiger partial charge in [-0.2, -0.15) is 0 Å². The van der Waals surface area contributed by atoms with Crippen molar-refractivity contribution >= 4 is 34.5 Å². The minimum absolute atomic E-state index is 0.0558. The molecule has 0 aliphatic rings. The molecule has 0 saturated heterocycles. The lowest BCUT2D eigenvalue weighted by Crippen LogP contribution is -2.26. The van der Waals surface area contributed by atoms with E-state index in [1.54, 1.807) is 55.3 Å². The van der Waals surface area contributed by atoms with Gasteiger partial charge in [0.2, 0.25) is 0 Å². The summed E-state index contributed by atoms with van der Waals surface area (Å²) in [7, 11) is 2.99. The minimum atomic E-state index is -0.581. The van der Waals surface area contributed by atoms with E-state index in [9.17, 15) is 14.0 Å². The van der Waals surface area contributed by atoms with Gasteiger partial charge in [-0.1, -0.05) is 0 Å². The SMILES string of the molecule is CCOC(=O)Nc1ccc(-n2cnc3c(C)cc(C(=O)N(C)c4ccc(F)c(OC)c4)cc32)cn1. The number of imidazole rings is 1. The molecule has 10 heteroatoms. The van der Waals surface area contributed by atoms with E-state index < -0.39 is 11.9 Å². The second-order valence-corrected chi connectivity index (χ2v) is 7.71. The van der Waals surface area contributed by atoms with Gasteiger partial charge in [0.05, 0.1) is 36.6 Å². The number of aromatic nitrogens is 3. The Balaban J connectivity index is 1.66. The van der Waals surface area contributed by atoms with Crippen molar-refractivity contribution in [3.63, 3.8) is 0 Å². The van der Waals surface area contributed by atoms with E-state index in [0.717, 1.165) is 11.1 Å². The van der Waals surface area contributed by atoms with Crippen LogP contribution < -0.4 is 15.0 Å². The van der Waals surface area contributed by atoms with Crippen molar-refractivity contribution in [1.82, 2.24) is 14.5 Å². The molecule has 0 fully saturated rings. The summed E-state index contributed by atoms with van der Waals surface area (Å²) in [6.45, 7) is 3.85. The first-order valence-electron chi connectivity index (χ1n) is 10.8. The standard InChI is InChI=1S/C25H24FN5O4/c1-5-35-25(33)29-22-9-7-18(13-27-22)31-14-28-23-15(2)10-16(11-20(23)31)24(32)30(3)17-6-8-19(26)21(12-17)34-4/h6-14H,5H2,1-4H3,(H,27,29,33). The summed E-state index contributed by atoms with van der Waals surface area (Å²) in [5, 5.41) is 2.55. The van der Waals surface area contributed by atoms with Gasteiger partial charge in [0.1, 0.15) is 12.1 Å². The van der Waals surface area contributed by atoms with Gasteiger partial charge >= 0.3 is 6.09 Å². The van der Waals surface area contributed by atoms with Crippen LogP contribution in [0.25, 0.3) is 16.7 Å². The third kappa shape index (κ3) is 4.77. The Labute approximate surface area is 201 Å². The topological polar surface area (TPSA) is 98.6 Å². The van der Waals surface area contributed by atoms with Crippen molar-refractivity contribution in [2.24, 2.45) is 0 Å². The monoisotopic (exact) mass is 477 g/mol. The van der Waals surface area contributed by atoms with Gasteiger partial charge in [0, 0.05) is 24.4 Å². The van der Waals surface area contributed by atoms with Crippen molar-refractivity contribution in [1.29, 1.82) is 0 Å². The second-order valence-electron chi connectivity index (χ2n) is 7.71. The summed E-state index contributed by atoms with van der Waals surface area (Å²) in [4.78, 5) is 35.1. The molecule has 2 heterocycles. The Bertz CT molecular complexity index is 1400. The maximum absolute atomic E-state index is 13.8. The van der Waals surface area contributed by atoms with Crippen LogP contribution in [0.4, 0.5) is 20.7 Å². The molecule has 2 aromatic heterocycles. The van der Waals surface area contributed by atoms with Gasteiger partial charge in [-0.3, -0.25) is 14.7 Å². The first-order chi connectivity index (χ1) is 16.8. The highest BCUT2D eigenvalue weighted by Crippen LogP contribution is 2.27. The third-order valence-corrected chi connectivity index (χ3v) is 5.45. The van der Waals surface area contributed by atoms with Gasteiger partial charge < -0.3 is 14.4 Å². The molecule has 4 aromatic rings. The number of carbonyl (C=O) groups excluding carboxylic acids is 2. The predicted molar refractivity (Wildman–Crippen MR) is 130 cm³/mol. The number of methoxy groups -OCH3 is 1. The van der Waals surface area contributed by atoms with Crippen molar-refractivity contribution < 1.29 is 23.5 Å². The van der Waals surface area contributed by atoms with Crippen LogP contribution in [-0.2, 0) is 4.74 Å². The van der Waals surface area contributed by atoms with Crippen LogP contribution in [0.3, 0.4) is 0 Å². The molecule has 0 atom stereocenters. The molecular weight excluding hydrogens is 453 g/mol. The molecule has 35 heavy (non-hydrogen) atoms. The number of pyridine rings is 1. The first kappa shape index (κ1) is 23.7. The quantitative estimate of drug-likeness (QED) is 0.431. The number of aryl methyl sites for hydroxylation is 1. The molecule has 0 saturated carbocycles. The van der Waals surface area contributed by atoms with Crippen LogP contribution in [0.5, 0.6) is 5.75 Å². The smallest absolute Gasteiger partial charge is 0.412 e. The lowest BCUT2D eigenvalue weighted by molar-refractivity contribution is 0.0993.